The van der Waals surface area contributed by atoms with Gasteiger partial charge in [-0.2, -0.15) is 0 Å². The minimum absolute atomic E-state index is 0.269. The van der Waals surface area contributed by atoms with Crippen LogP contribution in [0.5, 0.6) is 5.75 Å². The van der Waals surface area contributed by atoms with Crippen LogP contribution in [-0.2, 0) is 0 Å². The maximum atomic E-state index is 12.8. The Morgan fingerprint density at radius 1 is 0.964 bits per heavy atom. The number of anilines is 3. The van der Waals surface area contributed by atoms with Crippen molar-refractivity contribution in [2.45, 2.75) is 27.7 Å². The normalized spacial score (nSPS) is 10.5. The molecule has 0 bridgehead atoms. The van der Waals surface area contributed by atoms with Crippen molar-refractivity contribution in [3.8, 4) is 5.75 Å². The van der Waals surface area contributed by atoms with E-state index in [4.69, 9.17) is 4.74 Å². The summed E-state index contributed by atoms with van der Waals surface area (Å²) < 4.78 is 5.23. The molecular formula is C22H24N4O2. The van der Waals surface area contributed by atoms with E-state index in [1.807, 2.05) is 64.1 Å². The van der Waals surface area contributed by atoms with Crippen molar-refractivity contribution in [2.24, 2.45) is 0 Å². The molecule has 0 aliphatic heterocycles. The quantitative estimate of drug-likeness (QED) is 0.674. The second-order valence-electron chi connectivity index (χ2n) is 6.80. The summed E-state index contributed by atoms with van der Waals surface area (Å²) in [6.45, 7) is 7.83. The zero-order valence-corrected chi connectivity index (χ0v) is 16.8. The van der Waals surface area contributed by atoms with Gasteiger partial charge < -0.3 is 15.4 Å². The Morgan fingerprint density at radius 2 is 1.68 bits per heavy atom. The van der Waals surface area contributed by atoms with Crippen LogP contribution in [-0.4, -0.2) is 23.0 Å². The van der Waals surface area contributed by atoms with E-state index >= 15 is 0 Å². The van der Waals surface area contributed by atoms with E-state index in [0.29, 0.717) is 17.3 Å². The molecule has 1 heterocycles. The average molecular weight is 376 g/mol. The summed E-state index contributed by atoms with van der Waals surface area (Å²) in [4.78, 5) is 21.6. The van der Waals surface area contributed by atoms with Gasteiger partial charge in [-0.15, -0.1) is 0 Å². The van der Waals surface area contributed by atoms with Crippen molar-refractivity contribution >= 4 is 23.2 Å². The van der Waals surface area contributed by atoms with Crippen molar-refractivity contribution in [3.05, 3.63) is 70.5 Å². The molecule has 0 saturated heterocycles. The first-order valence-corrected chi connectivity index (χ1v) is 9.01. The third-order valence-electron chi connectivity index (χ3n) is 4.33. The molecule has 0 atom stereocenters. The topological polar surface area (TPSA) is 76.1 Å². The Labute approximate surface area is 165 Å². The SMILES string of the molecule is COc1cccc(Nc2nc(C)cc(C(=O)Nc3c(C)cc(C)cc3C)n2)c1. The number of ether oxygens (including phenoxy) is 1. The molecule has 6 heteroatoms. The summed E-state index contributed by atoms with van der Waals surface area (Å²) in [6, 6.07) is 13.2. The lowest BCUT2D eigenvalue weighted by molar-refractivity contribution is 0.102. The molecule has 0 fully saturated rings. The van der Waals surface area contributed by atoms with Gasteiger partial charge in [0.25, 0.3) is 5.91 Å². The molecule has 144 valence electrons. The molecule has 0 saturated carbocycles. The molecule has 0 spiro atoms. The number of nitrogens with zero attached hydrogens (tertiary/aromatic N) is 2. The first-order chi connectivity index (χ1) is 13.4. The van der Waals surface area contributed by atoms with Gasteiger partial charge in [-0.3, -0.25) is 4.79 Å². The fourth-order valence-corrected chi connectivity index (χ4v) is 3.13. The molecule has 3 rings (SSSR count). The molecule has 0 aliphatic carbocycles. The van der Waals surface area contributed by atoms with Crippen LogP contribution in [0, 0.1) is 27.7 Å². The van der Waals surface area contributed by atoms with Crippen molar-refractivity contribution in [1.29, 1.82) is 0 Å². The van der Waals surface area contributed by atoms with Crippen LogP contribution in [0.15, 0.2) is 42.5 Å². The minimum Gasteiger partial charge on any atom is -0.497 e. The van der Waals surface area contributed by atoms with E-state index in [9.17, 15) is 4.79 Å². The summed E-state index contributed by atoms with van der Waals surface area (Å²) in [5, 5.41) is 6.11. The highest BCUT2D eigenvalue weighted by atomic mass is 16.5. The number of aromatic nitrogens is 2. The lowest BCUT2D eigenvalue weighted by Gasteiger charge is -2.13. The molecule has 0 aliphatic rings. The Kier molecular flexibility index (Phi) is 5.59. The van der Waals surface area contributed by atoms with Gasteiger partial charge in [-0.1, -0.05) is 23.8 Å². The van der Waals surface area contributed by atoms with Gasteiger partial charge in [0.1, 0.15) is 11.4 Å². The highest BCUT2D eigenvalue weighted by Crippen LogP contribution is 2.23. The van der Waals surface area contributed by atoms with Gasteiger partial charge in [0.15, 0.2) is 0 Å². The first-order valence-electron chi connectivity index (χ1n) is 9.01. The van der Waals surface area contributed by atoms with E-state index in [1.165, 1.54) is 0 Å². The number of nitrogens with one attached hydrogen (secondary N) is 2. The first kappa shape index (κ1) is 19.4. The zero-order valence-electron chi connectivity index (χ0n) is 16.8. The Hall–Kier alpha value is -3.41. The maximum absolute atomic E-state index is 12.8. The van der Waals surface area contributed by atoms with Crippen LogP contribution in [0.2, 0.25) is 0 Å². The molecule has 1 amide bonds. The van der Waals surface area contributed by atoms with Crippen LogP contribution in [0.3, 0.4) is 0 Å². The lowest BCUT2D eigenvalue weighted by atomic mass is 10.0. The second kappa shape index (κ2) is 8.08. The molecule has 2 aromatic carbocycles. The fourth-order valence-electron chi connectivity index (χ4n) is 3.13. The molecule has 28 heavy (non-hydrogen) atoms. The van der Waals surface area contributed by atoms with Crippen LogP contribution < -0.4 is 15.4 Å². The molecule has 3 aromatic rings. The largest absolute Gasteiger partial charge is 0.497 e. The third-order valence-corrected chi connectivity index (χ3v) is 4.33. The minimum atomic E-state index is -0.269. The maximum Gasteiger partial charge on any atom is 0.274 e. The van der Waals surface area contributed by atoms with E-state index in [0.717, 1.165) is 33.8 Å². The van der Waals surface area contributed by atoms with Crippen LogP contribution >= 0.6 is 0 Å². The van der Waals surface area contributed by atoms with Gasteiger partial charge in [-0.05, 0) is 57.0 Å². The number of carbonyl (C=O) groups excluding carboxylic acids is 1. The van der Waals surface area contributed by atoms with Gasteiger partial charge in [-0.25, -0.2) is 9.97 Å². The number of methoxy groups -OCH3 is 1. The third kappa shape index (κ3) is 4.46. The molecule has 6 nitrogen and oxygen atoms in total. The number of rotatable bonds is 5. The van der Waals surface area contributed by atoms with Gasteiger partial charge in [0.2, 0.25) is 5.95 Å². The Bertz CT molecular complexity index is 1010. The number of hydrogen-bond acceptors (Lipinski definition) is 5. The predicted octanol–water partition coefficient (Wildman–Crippen LogP) is 4.71. The van der Waals surface area contributed by atoms with Crippen molar-refractivity contribution in [2.75, 3.05) is 17.7 Å². The summed E-state index contributed by atoms with van der Waals surface area (Å²) in [6.07, 6.45) is 0. The highest BCUT2D eigenvalue weighted by molar-refractivity contribution is 6.04. The van der Waals surface area contributed by atoms with Crippen LogP contribution in [0.4, 0.5) is 17.3 Å². The van der Waals surface area contributed by atoms with Crippen molar-refractivity contribution in [1.82, 2.24) is 9.97 Å². The monoisotopic (exact) mass is 376 g/mol. The van der Waals surface area contributed by atoms with E-state index in [-0.39, 0.29) is 5.91 Å². The standard InChI is InChI=1S/C22H24N4O2/c1-13-9-14(2)20(15(3)10-13)26-21(27)19-11-16(4)23-22(25-19)24-17-7-6-8-18(12-17)28-5/h6-12H,1-5H3,(H,26,27)(H,23,24,25). The number of hydrogen-bond donors (Lipinski definition) is 2. The van der Waals surface area contributed by atoms with Gasteiger partial charge >= 0.3 is 0 Å². The number of amides is 1. The summed E-state index contributed by atoms with van der Waals surface area (Å²) in [5.41, 5.74) is 5.80. The molecule has 2 N–H and O–H groups in total. The van der Waals surface area contributed by atoms with Crippen LogP contribution in [0.1, 0.15) is 32.9 Å². The number of aryl methyl sites for hydroxylation is 4. The van der Waals surface area contributed by atoms with Gasteiger partial charge in [0.05, 0.1) is 7.11 Å². The Morgan fingerprint density at radius 3 is 2.36 bits per heavy atom. The molecule has 0 radical (unpaired) electrons. The summed E-state index contributed by atoms with van der Waals surface area (Å²) >= 11 is 0. The van der Waals surface area contributed by atoms with E-state index in [2.05, 4.69) is 20.6 Å². The highest BCUT2D eigenvalue weighted by Gasteiger charge is 2.14. The predicted molar refractivity (Wildman–Crippen MR) is 112 cm³/mol. The van der Waals surface area contributed by atoms with E-state index in [1.54, 1.807) is 13.2 Å². The second-order valence-corrected chi connectivity index (χ2v) is 6.80. The number of benzene rings is 2. The zero-order chi connectivity index (χ0) is 20.3. The molecular weight excluding hydrogens is 352 g/mol. The van der Waals surface area contributed by atoms with Crippen molar-refractivity contribution in [3.63, 3.8) is 0 Å². The molecule has 0 unspecified atom stereocenters. The Balaban J connectivity index is 1.85. The smallest absolute Gasteiger partial charge is 0.274 e. The summed E-state index contributed by atoms with van der Waals surface area (Å²) in [5.74, 6) is 0.811. The summed E-state index contributed by atoms with van der Waals surface area (Å²) in [7, 11) is 1.61. The fraction of sp³-hybridized carbons (Fsp3) is 0.227. The molecule has 1 aromatic heterocycles. The van der Waals surface area contributed by atoms with Crippen LogP contribution in [0.25, 0.3) is 0 Å². The van der Waals surface area contributed by atoms with E-state index < -0.39 is 0 Å². The lowest BCUT2D eigenvalue weighted by Crippen LogP contribution is -2.17. The average Bonchev–Trinajstić information content (AvgIpc) is 2.64. The number of carbonyl (C=O) groups is 1. The van der Waals surface area contributed by atoms with Crippen molar-refractivity contribution < 1.29 is 9.53 Å². The van der Waals surface area contributed by atoms with Gasteiger partial charge in [0, 0.05) is 23.1 Å².